The lowest BCUT2D eigenvalue weighted by Gasteiger charge is -2.05. The van der Waals surface area contributed by atoms with Crippen LogP contribution >= 0.6 is 0 Å². The van der Waals surface area contributed by atoms with Crippen molar-refractivity contribution in [1.29, 1.82) is 0 Å². The first-order chi connectivity index (χ1) is 16.3. The molecule has 198 valence electrons. The number of unbranched alkanes of at least 4 members (excludes halogenated alkanes) is 24. The maximum Gasteiger partial charge on any atom is 0.305 e. The Morgan fingerprint density at radius 1 is 0.394 bits per heavy atom. The quantitative estimate of drug-likeness (QED) is 0.0846. The van der Waals surface area contributed by atoms with Gasteiger partial charge >= 0.3 is 5.97 Å². The molecule has 0 fully saturated rings. The molecule has 0 bridgehead atoms. The molecule has 0 saturated heterocycles. The maximum absolute atomic E-state index is 11.6. The van der Waals surface area contributed by atoms with Gasteiger partial charge in [0.1, 0.15) is 0 Å². The summed E-state index contributed by atoms with van der Waals surface area (Å²) in [4.78, 5) is 11.6. The van der Waals surface area contributed by atoms with Crippen LogP contribution in [0.2, 0.25) is 0 Å². The van der Waals surface area contributed by atoms with E-state index in [1.165, 1.54) is 148 Å². The molecule has 2 heteroatoms. The summed E-state index contributed by atoms with van der Waals surface area (Å²) in [6.45, 7) is 5.08. The fraction of sp³-hybridized carbons (Fsp3) is 0.968. The molecule has 0 rings (SSSR count). The summed E-state index contributed by atoms with van der Waals surface area (Å²) in [5.41, 5.74) is 0. The van der Waals surface area contributed by atoms with Crippen LogP contribution in [0.3, 0.4) is 0 Å². The van der Waals surface area contributed by atoms with Crippen LogP contribution in [0.4, 0.5) is 0 Å². The largest absolute Gasteiger partial charge is 0.466 e. The van der Waals surface area contributed by atoms with E-state index in [1.54, 1.807) is 0 Å². The first-order valence-corrected chi connectivity index (χ1v) is 15.5. The third-order valence-corrected chi connectivity index (χ3v) is 7.00. The number of carbonyl (C=O) groups excluding carboxylic acids is 1. The van der Waals surface area contributed by atoms with Crippen molar-refractivity contribution >= 4 is 5.97 Å². The summed E-state index contributed by atoms with van der Waals surface area (Å²) in [5, 5.41) is 0. The number of carbonyl (C=O) groups is 1. The van der Waals surface area contributed by atoms with Crippen LogP contribution in [-0.2, 0) is 9.53 Å². The van der Waals surface area contributed by atoms with E-state index in [-0.39, 0.29) is 5.97 Å². The summed E-state index contributed by atoms with van der Waals surface area (Å²) >= 11 is 0. The molecule has 0 unspecified atom stereocenters. The molecule has 0 atom stereocenters. The normalized spacial score (nSPS) is 11.2. The number of ether oxygens (including phenoxy) is 1. The molecule has 0 aromatic heterocycles. The zero-order chi connectivity index (χ0) is 24.1. The van der Waals surface area contributed by atoms with Gasteiger partial charge in [0, 0.05) is 6.42 Å². The lowest BCUT2D eigenvalue weighted by atomic mass is 10.0. The Labute approximate surface area is 209 Å². The van der Waals surface area contributed by atoms with Crippen molar-refractivity contribution in [3.05, 3.63) is 0 Å². The molecule has 0 aromatic carbocycles. The second kappa shape index (κ2) is 29.5. The van der Waals surface area contributed by atoms with E-state index >= 15 is 0 Å². The Morgan fingerprint density at radius 2 is 0.667 bits per heavy atom. The SMILES string of the molecule is CCCCCCCCCCCCCCCCCCCCCCCCCC(=O)OCCCCC. The van der Waals surface area contributed by atoms with Gasteiger partial charge in [-0.15, -0.1) is 0 Å². The highest BCUT2D eigenvalue weighted by Crippen LogP contribution is 2.15. The minimum Gasteiger partial charge on any atom is -0.466 e. The van der Waals surface area contributed by atoms with Crippen LogP contribution in [0.1, 0.15) is 187 Å². The van der Waals surface area contributed by atoms with Crippen molar-refractivity contribution in [3.8, 4) is 0 Å². The Bertz CT molecular complexity index is 366. The van der Waals surface area contributed by atoms with Gasteiger partial charge in [0.25, 0.3) is 0 Å². The molecule has 0 aliphatic rings. The Morgan fingerprint density at radius 3 is 1.00 bits per heavy atom. The Hall–Kier alpha value is -0.530. The van der Waals surface area contributed by atoms with Crippen molar-refractivity contribution < 1.29 is 9.53 Å². The topological polar surface area (TPSA) is 26.3 Å². The average molecular weight is 467 g/mol. The minimum atomic E-state index is 0.00889. The molecule has 0 heterocycles. The molecule has 0 amide bonds. The molecule has 0 radical (unpaired) electrons. The summed E-state index contributed by atoms with van der Waals surface area (Å²) < 4.78 is 5.25. The van der Waals surface area contributed by atoms with Crippen LogP contribution in [0.5, 0.6) is 0 Å². The average Bonchev–Trinajstić information content (AvgIpc) is 2.82. The van der Waals surface area contributed by atoms with Crippen LogP contribution in [0.15, 0.2) is 0 Å². The summed E-state index contributed by atoms with van der Waals surface area (Å²) in [6.07, 6.45) is 36.2. The van der Waals surface area contributed by atoms with Crippen LogP contribution < -0.4 is 0 Å². The molecule has 0 spiro atoms. The number of esters is 1. The van der Waals surface area contributed by atoms with Crippen molar-refractivity contribution in [2.24, 2.45) is 0 Å². The fourth-order valence-electron chi connectivity index (χ4n) is 4.67. The highest BCUT2D eigenvalue weighted by Gasteiger charge is 2.02. The van der Waals surface area contributed by atoms with E-state index in [1.807, 2.05) is 0 Å². The van der Waals surface area contributed by atoms with E-state index < -0.39 is 0 Å². The lowest BCUT2D eigenvalue weighted by molar-refractivity contribution is -0.143. The lowest BCUT2D eigenvalue weighted by Crippen LogP contribution is -2.05. The summed E-state index contributed by atoms with van der Waals surface area (Å²) in [6, 6.07) is 0. The predicted molar refractivity (Wildman–Crippen MR) is 147 cm³/mol. The molecule has 0 saturated carbocycles. The van der Waals surface area contributed by atoms with E-state index in [9.17, 15) is 4.79 Å². The van der Waals surface area contributed by atoms with Gasteiger partial charge in [-0.3, -0.25) is 4.79 Å². The van der Waals surface area contributed by atoms with Crippen molar-refractivity contribution in [2.75, 3.05) is 6.61 Å². The number of hydrogen-bond donors (Lipinski definition) is 0. The maximum atomic E-state index is 11.6. The van der Waals surface area contributed by atoms with Crippen molar-refractivity contribution in [1.82, 2.24) is 0 Å². The second-order valence-corrected chi connectivity index (χ2v) is 10.5. The summed E-state index contributed by atoms with van der Waals surface area (Å²) in [7, 11) is 0. The molecule has 33 heavy (non-hydrogen) atoms. The monoisotopic (exact) mass is 466 g/mol. The summed E-state index contributed by atoms with van der Waals surface area (Å²) in [5.74, 6) is 0.00889. The van der Waals surface area contributed by atoms with Crippen molar-refractivity contribution in [3.63, 3.8) is 0 Å². The zero-order valence-corrected chi connectivity index (χ0v) is 23.1. The molecule has 0 N–H and O–H groups in total. The minimum absolute atomic E-state index is 0.00889. The number of rotatable bonds is 28. The zero-order valence-electron chi connectivity index (χ0n) is 23.1. The Balaban J connectivity index is 3.07. The van der Waals surface area contributed by atoms with E-state index in [2.05, 4.69) is 13.8 Å². The van der Waals surface area contributed by atoms with Gasteiger partial charge in [-0.2, -0.15) is 0 Å². The third kappa shape index (κ3) is 29.4. The fourth-order valence-corrected chi connectivity index (χ4v) is 4.67. The number of hydrogen-bond acceptors (Lipinski definition) is 2. The van der Waals surface area contributed by atoms with Gasteiger partial charge in [-0.25, -0.2) is 0 Å². The van der Waals surface area contributed by atoms with Gasteiger partial charge in [0.15, 0.2) is 0 Å². The highest BCUT2D eigenvalue weighted by molar-refractivity contribution is 5.69. The third-order valence-electron chi connectivity index (χ3n) is 7.00. The van der Waals surface area contributed by atoms with E-state index in [0.717, 1.165) is 19.3 Å². The van der Waals surface area contributed by atoms with Crippen LogP contribution in [0.25, 0.3) is 0 Å². The highest BCUT2D eigenvalue weighted by atomic mass is 16.5. The van der Waals surface area contributed by atoms with Gasteiger partial charge < -0.3 is 4.74 Å². The van der Waals surface area contributed by atoms with Crippen LogP contribution in [-0.4, -0.2) is 12.6 Å². The second-order valence-electron chi connectivity index (χ2n) is 10.5. The first-order valence-electron chi connectivity index (χ1n) is 15.5. The van der Waals surface area contributed by atoms with Gasteiger partial charge in [-0.05, 0) is 12.8 Å². The molecule has 2 nitrogen and oxygen atoms in total. The van der Waals surface area contributed by atoms with E-state index in [4.69, 9.17) is 4.74 Å². The molecule has 0 aromatic rings. The van der Waals surface area contributed by atoms with Gasteiger partial charge in [-0.1, -0.05) is 168 Å². The van der Waals surface area contributed by atoms with Gasteiger partial charge in [0.2, 0.25) is 0 Å². The van der Waals surface area contributed by atoms with Gasteiger partial charge in [0.05, 0.1) is 6.61 Å². The predicted octanol–water partition coefficient (Wildman–Crippen LogP) is 11.1. The molecule has 0 aliphatic carbocycles. The Kier molecular flexibility index (Phi) is 29.0. The van der Waals surface area contributed by atoms with E-state index in [0.29, 0.717) is 13.0 Å². The van der Waals surface area contributed by atoms with Crippen LogP contribution in [0, 0.1) is 0 Å². The van der Waals surface area contributed by atoms with Crippen molar-refractivity contribution in [2.45, 2.75) is 187 Å². The molecular formula is C31H62O2. The molecule has 0 aliphatic heterocycles. The smallest absolute Gasteiger partial charge is 0.305 e. The standard InChI is InChI=1S/C31H62O2/c1-3-5-7-8-9-10-11-12-13-14-15-16-17-18-19-20-21-22-23-24-25-26-27-29-31(32)33-30-28-6-4-2/h3-30H2,1-2H3. The molecular weight excluding hydrogens is 404 g/mol. The first kappa shape index (κ1) is 32.5.